The molecule has 0 N–H and O–H groups in total. The van der Waals surface area contributed by atoms with Crippen molar-refractivity contribution in [2.75, 3.05) is 0 Å². The van der Waals surface area contributed by atoms with Crippen molar-refractivity contribution in [2.24, 2.45) is 11.8 Å². The summed E-state index contributed by atoms with van der Waals surface area (Å²) in [6.07, 6.45) is -8.48. The molecule has 0 saturated heterocycles. The standard InChI is InChI=1S/C9H4F6O/c10-8(11,12)5-3-1-2-4(7(3)16)6(5)9(13,14)15/h1-4H. The highest BCUT2D eigenvalue weighted by atomic mass is 19.4. The van der Waals surface area contributed by atoms with Gasteiger partial charge >= 0.3 is 12.4 Å². The fourth-order valence-corrected chi connectivity index (χ4v) is 2.08. The summed E-state index contributed by atoms with van der Waals surface area (Å²) in [7, 11) is 0. The van der Waals surface area contributed by atoms with Gasteiger partial charge in [-0.3, -0.25) is 4.79 Å². The van der Waals surface area contributed by atoms with Gasteiger partial charge in [-0.05, 0) is 0 Å². The van der Waals surface area contributed by atoms with E-state index in [9.17, 15) is 31.1 Å². The van der Waals surface area contributed by atoms with E-state index in [1.54, 1.807) is 0 Å². The third-order valence-electron chi connectivity index (χ3n) is 2.63. The van der Waals surface area contributed by atoms with Crippen molar-refractivity contribution < 1.29 is 31.1 Å². The predicted octanol–water partition coefficient (Wildman–Crippen LogP) is 2.79. The fraction of sp³-hybridized carbons (Fsp3) is 0.444. The van der Waals surface area contributed by atoms with E-state index in [0.29, 0.717) is 0 Å². The molecule has 0 aromatic heterocycles. The third kappa shape index (κ3) is 1.37. The smallest absolute Gasteiger partial charge is 0.298 e. The molecule has 7 heteroatoms. The predicted molar refractivity (Wildman–Crippen MR) is 40.3 cm³/mol. The summed E-state index contributed by atoms with van der Waals surface area (Å²) in [5, 5.41) is 0. The maximum Gasteiger partial charge on any atom is 0.414 e. The maximum atomic E-state index is 12.4. The highest BCUT2D eigenvalue weighted by Crippen LogP contribution is 2.52. The monoisotopic (exact) mass is 242 g/mol. The number of hydrogen-bond donors (Lipinski definition) is 0. The number of alkyl halides is 6. The van der Waals surface area contributed by atoms with Gasteiger partial charge in [-0.15, -0.1) is 0 Å². The Bertz CT molecular complexity index is 375. The van der Waals surface area contributed by atoms with Gasteiger partial charge in [0.25, 0.3) is 0 Å². The number of fused-ring (bicyclic) bond motifs is 2. The van der Waals surface area contributed by atoms with Crippen molar-refractivity contribution in [3.05, 3.63) is 23.3 Å². The molecule has 88 valence electrons. The number of hydrogen-bond acceptors (Lipinski definition) is 1. The summed E-state index contributed by atoms with van der Waals surface area (Å²) < 4.78 is 74.6. The Balaban J connectivity index is 2.59. The van der Waals surface area contributed by atoms with Crippen LogP contribution in [0.15, 0.2) is 23.3 Å². The second-order valence-electron chi connectivity index (χ2n) is 3.57. The molecule has 0 spiro atoms. The molecule has 0 amide bonds. The van der Waals surface area contributed by atoms with Crippen LogP contribution in [0.4, 0.5) is 26.3 Å². The third-order valence-corrected chi connectivity index (χ3v) is 2.63. The lowest BCUT2D eigenvalue weighted by atomic mass is 9.96. The van der Waals surface area contributed by atoms with Crippen LogP contribution in [0.1, 0.15) is 0 Å². The molecule has 0 fully saturated rings. The summed E-state index contributed by atoms with van der Waals surface area (Å²) in [5.74, 6) is -4.59. The van der Waals surface area contributed by atoms with Gasteiger partial charge < -0.3 is 0 Å². The molecule has 0 radical (unpaired) electrons. The minimum absolute atomic E-state index is 0.880. The molecular formula is C9H4F6O. The van der Waals surface area contributed by atoms with Crippen molar-refractivity contribution in [3.8, 4) is 0 Å². The highest BCUT2D eigenvalue weighted by molar-refractivity contribution is 5.98. The maximum absolute atomic E-state index is 12.4. The molecule has 1 nitrogen and oxygen atoms in total. The molecule has 2 aliphatic rings. The molecular weight excluding hydrogens is 238 g/mol. The van der Waals surface area contributed by atoms with Crippen LogP contribution in [-0.2, 0) is 4.79 Å². The molecule has 2 bridgehead atoms. The van der Waals surface area contributed by atoms with E-state index in [1.807, 2.05) is 0 Å². The van der Waals surface area contributed by atoms with Gasteiger partial charge in [0.05, 0.1) is 23.0 Å². The normalized spacial score (nSPS) is 29.5. The number of Topliss-reactive ketones (excluding diaryl/α,β-unsaturated/α-hetero) is 1. The Morgan fingerprint density at radius 3 is 1.38 bits per heavy atom. The number of carbonyl (C=O) groups is 1. The Hall–Kier alpha value is -1.27. The van der Waals surface area contributed by atoms with Crippen molar-refractivity contribution in [3.63, 3.8) is 0 Å². The average Bonchev–Trinajstić information content (AvgIpc) is 2.56. The van der Waals surface area contributed by atoms with Crippen LogP contribution in [0.3, 0.4) is 0 Å². The van der Waals surface area contributed by atoms with E-state index in [4.69, 9.17) is 0 Å². The molecule has 2 atom stereocenters. The van der Waals surface area contributed by atoms with Gasteiger partial charge in [0.15, 0.2) is 5.78 Å². The van der Waals surface area contributed by atoms with E-state index in [1.165, 1.54) is 0 Å². The average molecular weight is 242 g/mol. The van der Waals surface area contributed by atoms with Crippen LogP contribution in [0.2, 0.25) is 0 Å². The Kier molecular flexibility index (Phi) is 2.03. The van der Waals surface area contributed by atoms with Crippen LogP contribution >= 0.6 is 0 Å². The zero-order valence-corrected chi connectivity index (χ0v) is 7.49. The molecule has 0 aromatic rings. The Labute approximate surface area is 85.4 Å². The Morgan fingerprint density at radius 1 is 0.812 bits per heavy atom. The first-order valence-electron chi connectivity index (χ1n) is 4.24. The Morgan fingerprint density at radius 2 is 1.12 bits per heavy atom. The van der Waals surface area contributed by atoms with E-state index in [0.717, 1.165) is 12.2 Å². The van der Waals surface area contributed by atoms with Crippen molar-refractivity contribution in [2.45, 2.75) is 12.4 Å². The van der Waals surface area contributed by atoms with Crippen LogP contribution in [-0.4, -0.2) is 18.1 Å². The summed E-state index contributed by atoms with van der Waals surface area (Å²) in [6, 6.07) is 0. The number of ketones is 1. The fourth-order valence-electron chi connectivity index (χ4n) is 2.08. The number of rotatable bonds is 0. The SMILES string of the molecule is O=C1C2C=CC1C(C(F)(F)F)=C2C(F)(F)F. The van der Waals surface area contributed by atoms with Crippen molar-refractivity contribution in [1.82, 2.24) is 0 Å². The minimum atomic E-state index is -5.12. The van der Waals surface area contributed by atoms with Gasteiger partial charge in [-0.2, -0.15) is 26.3 Å². The first kappa shape index (κ1) is 11.2. The largest absolute Gasteiger partial charge is 0.414 e. The number of allylic oxidation sites excluding steroid dienone is 4. The molecule has 16 heavy (non-hydrogen) atoms. The van der Waals surface area contributed by atoms with Crippen LogP contribution in [0, 0.1) is 11.8 Å². The van der Waals surface area contributed by atoms with Crippen LogP contribution < -0.4 is 0 Å². The van der Waals surface area contributed by atoms with Crippen LogP contribution in [0.25, 0.3) is 0 Å². The molecule has 2 rings (SSSR count). The second-order valence-corrected chi connectivity index (χ2v) is 3.57. The summed E-state index contributed by atoms with van der Waals surface area (Å²) in [5.41, 5.74) is -3.50. The number of halogens is 6. The zero-order chi connectivity index (χ0) is 12.3. The molecule has 0 aromatic carbocycles. The number of carbonyl (C=O) groups excluding carboxylic acids is 1. The summed E-state index contributed by atoms with van der Waals surface area (Å²) >= 11 is 0. The molecule has 0 saturated carbocycles. The van der Waals surface area contributed by atoms with Gasteiger partial charge in [0.2, 0.25) is 0 Å². The quantitative estimate of drug-likeness (QED) is 0.471. The lowest BCUT2D eigenvalue weighted by molar-refractivity contribution is -0.124. The van der Waals surface area contributed by atoms with Gasteiger partial charge in [-0.1, -0.05) is 12.2 Å². The van der Waals surface area contributed by atoms with Gasteiger partial charge in [0, 0.05) is 0 Å². The van der Waals surface area contributed by atoms with Gasteiger partial charge in [-0.25, -0.2) is 0 Å². The van der Waals surface area contributed by atoms with Crippen molar-refractivity contribution in [1.29, 1.82) is 0 Å². The molecule has 0 heterocycles. The van der Waals surface area contributed by atoms with E-state index in [-0.39, 0.29) is 0 Å². The molecule has 2 unspecified atom stereocenters. The first-order chi connectivity index (χ1) is 7.14. The van der Waals surface area contributed by atoms with Crippen molar-refractivity contribution >= 4 is 5.78 Å². The lowest BCUT2D eigenvalue weighted by Crippen LogP contribution is -2.25. The van der Waals surface area contributed by atoms with E-state index in [2.05, 4.69) is 0 Å². The van der Waals surface area contributed by atoms with E-state index < -0.39 is 41.1 Å². The summed E-state index contributed by atoms with van der Waals surface area (Å²) in [6.45, 7) is 0. The molecule has 0 aliphatic heterocycles. The minimum Gasteiger partial charge on any atom is -0.298 e. The molecule has 2 aliphatic carbocycles. The second kappa shape index (κ2) is 2.89. The van der Waals surface area contributed by atoms with Gasteiger partial charge in [0.1, 0.15) is 0 Å². The zero-order valence-electron chi connectivity index (χ0n) is 7.49. The lowest BCUT2D eigenvalue weighted by Gasteiger charge is -2.19. The summed E-state index contributed by atoms with van der Waals surface area (Å²) in [4.78, 5) is 11.2. The first-order valence-corrected chi connectivity index (χ1v) is 4.24. The van der Waals surface area contributed by atoms with E-state index >= 15 is 0 Å². The van der Waals surface area contributed by atoms with Crippen LogP contribution in [0.5, 0.6) is 0 Å². The highest BCUT2D eigenvalue weighted by Gasteiger charge is 2.59. The topological polar surface area (TPSA) is 17.1 Å².